The summed E-state index contributed by atoms with van der Waals surface area (Å²) in [6, 6.07) is 3.29. The van der Waals surface area contributed by atoms with E-state index in [2.05, 4.69) is 5.32 Å². The fourth-order valence-electron chi connectivity index (χ4n) is 1.06. The second kappa shape index (κ2) is 4.50. The Morgan fingerprint density at radius 3 is 2.47 bits per heavy atom. The van der Waals surface area contributed by atoms with Crippen LogP contribution in [0.1, 0.15) is 24.2 Å². The highest BCUT2D eigenvalue weighted by molar-refractivity contribution is 5.98. The van der Waals surface area contributed by atoms with Crippen molar-refractivity contribution < 1.29 is 19.1 Å². The molecule has 0 atom stereocenters. The van der Waals surface area contributed by atoms with E-state index in [1.54, 1.807) is 0 Å². The molecule has 0 heterocycles. The highest BCUT2D eigenvalue weighted by atomic mass is 19.1. The average Bonchev–Trinajstić information content (AvgIpc) is 2.19. The molecule has 1 aromatic carbocycles. The third kappa shape index (κ3) is 3.25. The summed E-state index contributed by atoms with van der Waals surface area (Å²) >= 11 is 0. The summed E-state index contributed by atoms with van der Waals surface area (Å²) in [7, 11) is 0. The fourth-order valence-corrected chi connectivity index (χ4v) is 1.06. The van der Waals surface area contributed by atoms with Gasteiger partial charge in [-0.15, -0.1) is 0 Å². The molecule has 5 nitrogen and oxygen atoms in total. The number of nitrogens with one attached hydrogen (secondary N) is 1. The number of benzene rings is 1. The zero-order valence-electron chi connectivity index (χ0n) is 9.45. The van der Waals surface area contributed by atoms with Crippen LogP contribution in [0.25, 0.3) is 0 Å². The van der Waals surface area contributed by atoms with Gasteiger partial charge in [-0.05, 0) is 32.0 Å². The van der Waals surface area contributed by atoms with Crippen molar-refractivity contribution in [1.29, 1.82) is 0 Å². The largest absolute Gasteiger partial charge is 0.478 e. The van der Waals surface area contributed by atoms with Gasteiger partial charge in [-0.3, -0.25) is 4.79 Å². The predicted molar refractivity (Wildman–Crippen MR) is 60.3 cm³/mol. The van der Waals surface area contributed by atoms with Crippen LogP contribution < -0.4 is 11.1 Å². The summed E-state index contributed by atoms with van der Waals surface area (Å²) in [6.07, 6.45) is 0. The first-order chi connectivity index (χ1) is 7.71. The smallest absolute Gasteiger partial charge is 0.338 e. The summed E-state index contributed by atoms with van der Waals surface area (Å²) in [5.41, 5.74) is 4.14. The van der Waals surface area contributed by atoms with E-state index in [0.717, 1.165) is 12.1 Å². The van der Waals surface area contributed by atoms with Crippen molar-refractivity contribution in [3.8, 4) is 0 Å². The zero-order chi connectivity index (χ0) is 13.2. The third-order valence-corrected chi connectivity index (χ3v) is 2.04. The minimum absolute atomic E-state index is 0.187. The molecule has 17 heavy (non-hydrogen) atoms. The van der Waals surface area contributed by atoms with Gasteiger partial charge in [0.1, 0.15) is 5.82 Å². The molecule has 0 aliphatic carbocycles. The standard InChI is InChI=1S/C11H13FN2O3/c1-11(2,13)10(17)14-6-3-4-8(12)7(5-6)9(15)16/h3-5H,13H2,1-2H3,(H,14,17)(H,15,16). The first-order valence-corrected chi connectivity index (χ1v) is 4.85. The van der Waals surface area contributed by atoms with Gasteiger partial charge in [0, 0.05) is 5.69 Å². The number of hydrogen-bond acceptors (Lipinski definition) is 3. The molecule has 0 aliphatic heterocycles. The molecule has 0 radical (unpaired) electrons. The zero-order valence-corrected chi connectivity index (χ0v) is 9.45. The summed E-state index contributed by atoms with van der Waals surface area (Å²) in [4.78, 5) is 22.2. The molecule has 0 aliphatic rings. The highest BCUT2D eigenvalue weighted by Crippen LogP contribution is 2.16. The Kier molecular flexibility index (Phi) is 3.47. The van der Waals surface area contributed by atoms with Crippen LogP contribution in [0.4, 0.5) is 10.1 Å². The van der Waals surface area contributed by atoms with Crippen molar-refractivity contribution in [3.05, 3.63) is 29.6 Å². The molecule has 6 heteroatoms. The van der Waals surface area contributed by atoms with E-state index in [-0.39, 0.29) is 5.69 Å². The molecular weight excluding hydrogens is 227 g/mol. The number of anilines is 1. The molecule has 0 saturated carbocycles. The molecule has 0 unspecified atom stereocenters. The Bertz CT molecular complexity index is 466. The lowest BCUT2D eigenvalue weighted by Gasteiger charge is -2.17. The third-order valence-electron chi connectivity index (χ3n) is 2.04. The topological polar surface area (TPSA) is 92.4 Å². The van der Waals surface area contributed by atoms with Crippen LogP contribution in [0.15, 0.2) is 18.2 Å². The van der Waals surface area contributed by atoms with Crippen molar-refractivity contribution in [3.63, 3.8) is 0 Å². The number of hydrogen-bond donors (Lipinski definition) is 3. The Morgan fingerprint density at radius 1 is 1.41 bits per heavy atom. The molecule has 1 amide bonds. The van der Waals surface area contributed by atoms with Crippen molar-refractivity contribution in [2.45, 2.75) is 19.4 Å². The predicted octanol–water partition coefficient (Wildman–Crippen LogP) is 1.20. The summed E-state index contributed by atoms with van der Waals surface area (Å²) in [5.74, 6) is -2.74. The van der Waals surface area contributed by atoms with Gasteiger partial charge < -0.3 is 16.2 Å². The van der Waals surface area contributed by atoms with Crippen molar-refractivity contribution in [1.82, 2.24) is 0 Å². The van der Waals surface area contributed by atoms with Gasteiger partial charge in [0.15, 0.2) is 0 Å². The van der Waals surface area contributed by atoms with Crippen LogP contribution in [0.2, 0.25) is 0 Å². The number of nitrogens with two attached hydrogens (primary N) is 1. The van der Waals surface area contributed by atoms with E-state index in [0.29, 0.717) is 0 Å². The fraction of sp³-hybridized carbons (Fsp3) is 0.273. The summed E-state index contributed by atoms with van der Waals surface area (Å²) < 4.78 is 13.1. The quantitative estimate of drug-likeness (QED) is 0.740. The van der Waals surface area contributed by atoms with E-state index in [1.807, 2.05) is 0 Å². The average molecular weight is 240 g/mol. The lowest BCUT2D eigenvalue weighted by molar-refractivity contribution is -0.120. The maximum Gasteiger partial charge on any atom is 0.338 e. The van der Waals surface area contributed by atoms with Gasteiger partial charge in [0.25, 0.3) is 0 Å². The molecule has 4 N–H and O–H groups in total. The maximum absolute atomic E-state index is 13.1. The van der Waals surface area contributed by atoms with E-state index in [1.165, 1.54) is 19.9 Å². The summed E-state index contributed by atoms with van der Waals surface area (Å²) in [5, 5.41) is 11.1. The van der Waals surface area contributed by atoms with Gasteiger partial charge >= 0.3 is 5.97 Å². The molecule has 0 bridgehead atoms. The molecular formula is C11H13FN2O3. The number of carboxylic acids is 1. The van der Waals surface area contributed by atoms with Crippen LogP contribution in [0, 0.1) is 5.82 Å². The van der Waals surface area contributed by atoms with E-state index < -0.39 is 28.8 Å². The van der Waals surface area contributed by atoms with Gasteiger partial charge in [0.05, 0.1) is 11.1 Å². The normalized spacial score (nSPS) is 11.1. The lowest BCUT2D eigenvalue weighted by Crippen LogP contribution is -2.45. The van der Waals surface area contributed by atoms with Crippen LogP contribution in [-0.4, -0.2) is 22.5 Å². The molecule has 1 rings (SSSR count). The SMILES string of the molecule is CC(C)(N)C(=O)Nc1ccc(F)c(C(=O)O)c1. The molecule has 0 fully saturated rings. The molecule has 92 valence electrons. The number of rotatable bonds is 3. The first kappa shape index (κ1) is 13.1. The van der Waals surface area contributed by atoms with Gasteiger partial charge in [-0.1, -0.05) is 0 Å². The van der Waals surface area contributed by atoms with Gasteiger partial charge in [-0.2, -0.15) is 0 Å². The van der Waals surface area contributed by atoms with Crippen molar-refractivity contribution >= 4 is 17.6 Å². The van der Waals surface area contributed by atoms with Crippen LogP contribution in [0.3, 0.4) is 0 Å². The number of amides is 1. The Balaban J connectivity index is 2.98. The van der Waals surface area contributed by atoms with E-state index in [9.17, 15) is 14.0 Å². The van der Waals surface area contributed by atoms with Crippen LogP contribution in [0.5, 0.6) is 0 Å². The van der Waals surface area contributed by atoms with Crippen molar-refractivity contribution in [2.75, 3.05) is 5.32 Å². The first-order valence-electron chi connectivity index (χ1n) is 4.85. The lowest BCUT2D eigenvalue weighted by atomic mass is 10.1. The Morgan fingerprint density at radius 2 is 2.00 bits per heavy atom. The molecule has 0 spiro atoms. The number of carboxylic acid groups (broad SMARTS) is 1. The summed E-state index contributed by atoms with van der Waals surface area (Å²) in [6.45, 7) is 3.01. The Hall–Kier alpha value is -1.95. The number of aromatic carboxylic acids is 1. The van der Waals surface area contributed by atoms with Gasteiger partial charge in [-0.25, -0.2) is 9.18 Å². The minimum Gasteiger partial charge on any atom is -0.478 e. The molecule has 1 aromatic rings. The monoisotopic (exact) mass is 240 g/mol. The number of carbonyl (C=O) groups excluding carboxylic acids is 1. The van der Waals surface area contributed by atoms with Crippen molar-refractivity contribution in [2.24, 2.45) is 5.73 Å². The minimum atomic E-state index is -1.40. The van der Waals surface area contributed by atoms with Gasteiger partial charge in [0.2, 0.25) is 5.91 Å². The maximum atomic E-state index is 13.1. The van der Waals surface area contributed by atoms with Crippen LogP contribution in [-0.2, 0) is 4.79 Å². The molecule has 0 saturated heterocycles. The number of halogens is 1. The number of carbonyl (C=O) groups is 2. The van der Waals surface area contributed by atoms with E-state index >= 15 is 0 Å². The Labute approximate surface area is 97.4 Å². The second-order valence-corrected chi connectivity index (χ2v) is 4.18. The van der Waals surface area contributed by atoms with E-state index in [4.69, 9.17) is 10.8 Å². The highest BCUT2D eigenvalue weighted by Gasteiger charge is 2.22. The second-order valence-electron chi connectivity index (χ2n) is 4.18. The van der Waals surface area contributed by atoms with Crippen LogP contribution >= 0.6 is 0 Å². The molecule has 0 aromatic heterocycles.